The third kappa shape index (κ3) is 3.64. The molecule has 0 aromatic rings. The predicted octanol–water partition coefficient (Wildman–Crippen LogP) is 0.725. The molecule has 0 aromatic carbocycles. The van der Waals surface area contributed by atoms with E-state index in [4.69, 9.17) is 5.11 Å². The van der Waals surface area contributed by atoms with E-state index in [-0.39, 0.29) is 18.1 Å². The summed E-state index contributed by atoms with van der Waals surface area (Å²) in [5.41, 5.74) is 0. The average molecular weight is 227 g/mol. The highest BCUT2D eigenvalue weighted by atomic mass is 16.4. The SMILES string of the molecule is O=CNC(CC(=O)C1CCCCC1)C(=O)O. The minimum atomic E-state index is -1.16. The number of carboxylic acids is 1. The summed E-state index contributed by atoms with van der Waals surface area (Å²) in [5, 5.41) is 10.9. The van der Waals surface area contributed by atoms with Gasteiger partial charge < -0.3 is 10.4 Å². The Bertz CT molecular complexity index is 271. The van der Waals surface area contributed by atoms with E-state index in [0.717, 1.165) is 32.1 Å². The number of rotatable bonds is 6. The normalized spacial score (nSPS) is 18.8. The van der Waals surface area contributed by atoms with Crippen molar-refractivity contribution < 1.29 is 19.5 Å². The molecule has 1 fully saturated rings. The van der Waals surface area contributed by atoms with E-state index < -0.39 is 12.0 Å². The molecule has 1 aliphatic rings. The number of Topliss-reactive ketones (excluding diaryl/α,β-unsaturated/α-hetero) is 1. The van der Waals surface area contributed by atoms with Crippen LogP contribution in [0.5, 0.6) is 0 Å². The minimum Gasteiger partial charge on any atom is -0.480 e. The van der Waals surface area contributed by atoms with Gasteiger partial charge in [-0.1, -0.05) is 19.3 Å². The highest BCUT2D eigenvalue weighted by Gasteiger charge is 2.26. The zero-order valence-corrected chi connectivity index (χ0v) is 9.15. The summed E-state index contributed by atoms with van der Waals surface area (Å²) in [7, 11) is 0. The maximum Gasteiger partial charge on any atom is 0.326 e. The summed E-state index contributed by atoms with van der Waals surface area (Å²) in [4.78, 5) is 32.7. The third-order valence-corrected chi connectivity index (χ3v) is 3.03. The lowest BCUT2D eigenvalue weighted by atomic mass is 9.84. The fraction of sp³-hybridized carbons (Fsp3) is 0.727. The number of carboxylic acid groups (broad SMARTS) is 1. The molecule has 2 N–H and O–H groups in total. The molecule has 0 bridgehead atoms. The molecule has 1 amide bonds. The second-order valence-electron chi connectivity index (χ2n) is 4.18. The van der Waals surface area contributed by atoms with Crippen LogP contribution in [0.25, 0.3) is 0 Å². The van der Waals surface area contributed by atoms with Crippen LogP contribution >= 0.6 is 0 Å². The van der Waals surface area contributed by atoms with E-state index in [1.807, 2.05) is 0 Å². The number of amides is 1. The average Bonchev–Trinajstić information content (AvgIpc) is 2.29. The summed E-state index contributed by atoms with van der Waals surface area (Å²) in [6.45, 7) is 0. The van der Waals surface area contributed by atoms with Crippen LogP contribution in [0.3, 0.4) is 0 Å². The highest BCUT2D eigenvalue weighted by Crippen LogP contribution is 2.25. The van der Waals surface area contributed by atoms with Crippen molar-refractivity contribution in [2.45, 2.75) is 44.6 Å². The number of aliphatic carboxylic acids is 1. The standard InChI is InChI=1S/C11H17NO4/c13-7-12-9(11(15)16)6-10(14)8-4-2-1-3-5-8/h7-9H,1-6H2,(H,12,13)(H,15,16). The lowest BCUT2D eigenvalue weighted by Gasteiger charge is -2.21. The second-order valence-corrected chi connectivity index (χ2v) is 4.18. The number of ketones is 1. The van der Waals surface area contributed by atoms with E-state index in [1.54, 1.807) is 0 Å². The van der Waals surface area contributed by atoms with Gasteiger partial charge in [0.25, 0.3) is 0 Å². The molecule has 0 spiro atoms. The van der Waals surface area contributed by atoms with Crippen LogP contribution in [0, 0.1) is 5.92 Å². The Hall–Kier alpha value is -1.39. The topological polar surface area (TPSA) is 83.5 Å². The fourth-order valence-corrected chi connectivity index (χ4v) is 2.09. The quantitative estimate of drug-likeness (QED) is 0.655. The smallest absolute Gasteiger partial charge is 0.326 e. The molecule has 16 heavy (non-hydrogen) atoms. The molecular weight excluding hydrogens is 210 g/mol. The van der Waals surface area contributed by atoms with Crippen LogP contribution < -0.4 is 5.32 Å². The van der Waals surface area contributed by atoms with Gasteiger partial charge in [-0.3, -0.25) is 9.59 Å². The van der Waals surface area contributed by atoms with Gasteiger partial charge >= 0.3 is 5.97 Å². The second kappa shape index (κ2) is 6.25. The van der Waals surface area contributed by atoms with E-state index in [2.05, 4.69) is 5.32 Å². The lowest BCUT2D eigenvalue weighted by molar-refractivity contribution is -0.142. The van der Waals surface area contributed by atoms with Gasteiger partial charge in [-0.15, -0.1) is 0 Å². The zero-order chi connectivity index (χ0) is 12.0. The molecule has 0 aliphatic heterocycles. The van der Waals surface area contributed by atoms with Crippen LogP contribution in [-0.4, -0.2) is 29.3 Å². The van der Waals surface area contributed by atoms with Gasteiger partial charge in [0.2, 0.25) is 6.41 Å². The molecular formula is C11H17NO4. The Morgan fingerprint density at radius 1 is 1.31 bits per heavy atom. The number of hydrogen-bond donors (Lipinski definition) is 2. The molecule has 1 unspecified atom stereocenters. The summed E-state index contributed by atoms with van der Waals surface area (Å²) in [6, 6.07) is -1.08. The van der Waals surface area contributed by atoms with Crippen molar-refractivity contribution in [2.75, 3.05) is 0 Å². The molecule has 0 aromatic heterocycles. The molecule has 1 atom stereocenters. The Balaban J connectivity index is 2.46. The molecule has 5 heteroatoms. The highest BCUT2D eigenvalue weighted by molar-refractivity contribution is 5.88. The summed E-state index contributed by atoms with van der Waals surface area (Å²) in [5.74, 6) is -1.21. The predicted molar refractivity (Wildman–Crippen MR) is 56.8 cm³/mol. The molecule has 1 aliphatic carbocycles. The van der Waals surface area contributed by atoms with Gasteiger partial charge in [0.05, 0.1) is 0 Å². The Kier molecular flexibility index (Phi) is 4.95. The summed E-state index contributed by atoms with van der Waals surface area (Å²) >= 11 is 0. The van der Waals surface area contributed by atoms with E-state index in [9.17, 15) is 14.4 Å². The maximum absolute atomic E-state index is 11.8. The van der Waals surface area contributed by atoms with Gasteiger partial charge in [-0.05, 0) is 12.8 Å². The van der Waals surface area contributed by atoms with E-state index in [0.29, 0.717) is 6.41 Å². The van der Waals surface area contributed by atoms with E-state index >= 15 is 0 Å². The van der Waals surface area contributed by atoms with Gasteiger partial charge in [-0.25, -0.2) is 4.79 Å². The fourth-order valence-electron chi connectivity index (χ4n) is 2.09. The monoisotopic (exact) mass is 227 g/mol. The molecule has 0 heterocycles. The molecule has 5 nitrogen and oxygen atoms in total. The van der Waals surface area contributed by atoms with Gasteiger partial charge in [0.15, 0.2) is 0 Å². The molecule has 1 saturated carbocycles. The van der Waals surface area contributed by atoms with Gasteiger partial charge in [0, 0.05) is 12.3 Å². The Labute approximate surface area is 94.2 Å². The van der Waals surface area contributed by atoms with Gasteiger partial charge in [-0.2, -0.15) is 0 Å². The van der Waals surface area contributed by atoms with Crippen molar-refractivity contribution >= 4 is 18.2 Å². The molecule has 0 saturated heterocycles. The van der Waals surface area contributed by atoms with Crippen LogP contribution in [0.15, 0.2) is 0 Å². The van der Waals surface area contributed by atoms with Crippen molar-refractivity contribution in [3.05, 3.63) is 0 Å². The van der Waals surface area contributed by atoms with Crippen molar-refractivity contribution in [1.29, 1.82) is 0 Å². The van der Waals surface area contributed by atoms with Crippen LogP contribution in [0.2, 0.25) is 0 Å². The van der Waals surface area contributed by atoms with Crippen molar-refractivity contribution in [3.8, 4) is 0 Å². The third-order valence-electron chi connectivity index (χ3n) is 3.03. The largest absolute Gasteiger partial charge is 0.480 e. The zero-order valence-electron chi connectivity index (χ0n) is 9.15. The van der Waals surface area contributed by atoms with Crippen molar-refractivity contribution in [2.24, 2.45) is 5.92 Å². The summed E-state index contributed by atoms with van der Waals surface area (Å²) < 4.78 is 0. The Morgan fingerprint density at radius 2 is 1.94 bits per heavy atom. The summed E-state index contributed by atoms with van der Waals surface area (Å²) in [6.07, 6.45) is 5.16. The lowest BCUT2D eigenvalue weighted by Crippen LogP contribution is -2.39. The van der Waals surface area contributed by atoms with Gasteiger partial charge in [0.1, 0.15) is 11.8 Å². The number of nitrogens with one attached hydrogen (secondary N) is 1. The first-order chi connectivity index (χ1) is 7.65. The van der Waals surface area contributed by atoms with Crippen molar-refractivity contribution in [3.63, 3.8) is 0 Å². The molecule has 90 valence electrons. The van der Waals surface area contributed by atoms with Crippen LogP contribution in [0.4, 0.5) is 0 Å². The first-order valence-corrected chi connectivity index (χ1v) is 5.60. The number of carbonyl (C=O) groups is 3. The minimum absolute atomic E-state index is 0.0101. The van der Waals surface area contributed by atoms with E-state index in [1.165, 1.54) is 0 Å². The maximum atomic E-state index is 11.8. The van der Waals surface area contributed by atoms with Crippen LogP contribution in [0.1, 0.15) is 38.5 Å². The Morgan fingerprint density at radius 3 is 2.44 bits per heavy atom. The molecule has 0 radical (unpaired) electrons. The first-order valence-electron chi connectivity index (χ1n) is 5.60. The number of carbonyl (C=O) groups excluding carboxylic acids is 2. The van der Waals surface area contributed by atoms with Crippen molar-refractivity contribution in [1.82, 2.24) is 5.32 Å². The molecule has 1 rings (SSSR count). The van der Waals surface area contributed by atoms with Crippen LogP contribution in [-0.2, 0) is 14.4 Å². The number of hydrogen-bond acceptors (Lipinski definition) is 3. The first kappa shape index (κ1) is 12.7.